The molecule has 19 heavy (non-hydrogen) atoms. The lowest BCUT2D eigenvalue weighted by molar-refractivity contribution is 0.588. The molecule has 0 saturated heterocycles. The molecule has 0 fully saturated rings. The second kappa shape index (κ2) is 6.50. The molecule has 0 aliphatic heterocycles. The molecule has 0 spiro atoms. The van der Waals surface area contributed by atoms with E-state index in [1.165, 1.54) is 17.8 Å². The summed E-state index contributed by atoms with van der Waals surface area (Å²) in [5, 5.41) is 0.819. The van der Waals surface area contributed by atoms with Crippen LogP contribution in [0.5, 0.6) is 0 Å². The number of hydrogen-bond donors (Lipinski definition) is 1. The maximum Gasteiger partial charge on any atom is 0.127 e. The van der Waals surface area contributed by atoms with E-state index in [1.54, 1.807) is 12.3 Å². The molecular formula is C14H14BrFN2S. The van der Waals surface area contributed by atoms with Crippen LogP contribution in [0.3, 0.4) is 0 Å². The highest BCUT2D eigenvalue weighted by atomic mass is 79.9. The van der Waals surface area contributed by atoms with Crippen LogP contribution in [-0.2, 0) is 6.42 Å². The number of benzene rings is 1. The van der Waals surface area contributed by atoms with Crippen LogP contribution in [0.25, 0.3) is 0 Å². The van der Waals surface area contributed by atoms with Crippen LogP contribution in [-0.4, -0.2) is 11.0 Å². The maximum atomic E-state index is 13.9. The van der Waals surface area contributed by atoms with Gasteiger partial charge in [0.25, 0.3) is 0 Å². The van der Waals surface area contributed by atoms with Gasteiger partial charge in [-0.2, -0.15) is 0 Å². The summed E-state index contributed by atoms with van der Waals surface area (Å²) in [6.07, 6.45) is 2.23. The summed E-state index contributed by atoms with van der Waals surface area (Å²) in [5.41, 5.74) is 6.44. The third-order valence-corrected chi connectivity index (χ3v) is 4.56. The molecule has 2 aromatic rings. The Morgan fingerprint density at radius 1 is 1.37 bits per heavy atom. The molecule has 1 aromatic heterocycles. The fraction of sp³-hybridized carbons (Fsp3) is 0.214. The van der Waals surface area contributed by atoms with Crippen LogP contribution in [0.4, 0.5) is 4.39 Å². The summed E-state index contributed by atoms with van der Waals surface area (Å²) < 4.78 is 14.8. The lowest BCUT2D eigenvalue weighted by Crippen LogP contribution is -2.19. The van der Waals surface area contributed by atoms with Crippen molar-refractivity contribution in [2.24, 2.45) is 5.73 Å². The van der Waals surface area contributed by atoms with E-state index in [0.717, 1.165) is 14.4 Å². The molecule has 1 aromatic carbocycles. The third-order valence-electron chi connectivity index (χ3n) is 2.53. The first-order chi connectivity index (χ1) is 9.08. The second-order valence-electron chi connectivity index (χ2n) is 4.29. The molecule has 100 valence electrons. The average molecular weight is 341 g/mol. The molecule has 0 saturated carbocycles. The summed E-state index contributed by atoms with van der Waals surface area (Å²) >= 11 is 4.89. The lowest BCUT2D eigenvalue weighted by atomic mass is 10.1. The number of pyridine rings is 1. The van der Waals surface area contributed by atoms with Gasteiger partial charge in [-0.1, -0.05) is 17.8 Å². The standard InChI is InChI=1S/C14H14BrFN2S/c1-9(17)8-10-12(16)5-2-6-13(10)19-14-11(15)4-3-7-18-14/h2-7,9H,8,17H2,1H3. The second-order valence-corrected chi connectivity index (χ2v) is 6.18. The van der Waals surface area contributed by atoms with Gasteiger partial charge < -0.3 is 5.73 Å². The van der Waals surface area contributed by atoms with E-state index in [0.29, 0.717) is 12.0 Å². The molecule has 1 unspecified atom stereocenters. The minimum absolute atomic E-state index is 0.0802. The zero-order valence-corrected chi connectivity index (χ0v) is 12.8. The van der Waals surface area contributed by atoms with Crippen molar-refractivity contribution in [2.45, 2.75) is 29.3 Å². The van der Waals surface area contributed by atoms with Gasteiger partial charge in [0.2, 0.25) is 0 Å². The molecule has 5 heteroatoms. The number of nitrogens with two attached hydrogens (primary N) is 1. The largest absolute Gasteiger partial charge is 0.328 e. The molecule has 2 nitrogen and oxygen atoms in total. The monoisotopic (exact) mass is 340 g/mol. The summed E-state index contributed by atoms with van der Waals surface area (Å²) in [6.45, 7) is 1.87. The van der Waals surface area contributed by atoms with Gasteiger partial charge in [0.05, 0.1) is 4.47 Å². The number of aromatic nitrogens is 1. The fourth-order valence-electron chi connectivity index (χ4n) is 1.71. The summed E-state index contributed by atoms with van der Waals surface area (Å²) in [6, 6.07) is 8.76. The van der Waals surface area contributed by atoms with Crippen LogP contribution in [0.15, 0.2) is 50.9 Å². The molecule has 2 N–H and O–H groups in total. The van der Waals surface area contributed by atoms with Crippen molar-refractivity contribution < 1.29 is 4.39 Å². The third kappa shape index (κ3) is 3.78. The van der Waals surface area contributed by atoms with Crippen molar-refractivity contribution in [3.8, 4) is 0 Å². The molecule has 0 amide bonds. The number of hydrogen-bond acceptors (Lipinski definition) is 3. The molecule has 1 atom stereocenters. The van der Waals surface area contributed by atoms with Gasteiger partial charge in [0, 0.05) is 22.7 Å². The zero-order valence-electron chi connectivity index (χ0n) is 10.4. The minimum Gasteiger partial charge on any atom is -0.328 e. The molecule has 0 aliphatic rings. The van der Waals surface area contributed by atoms with Crippen molar-refractivity contribution in [1.29, 1.82) is 0 Å². The van der Waals surface area contributed by atoms with Crippen LogP contribution < -0.4 is 5.73 Å². The molecule has 1 heterocycles. The number of rotatable bonds is 4. The van der Waals surface area contributed by atoms with Crippen LogP contribution in [0, 0.1) is 5.82 Å². The molecule has 0 radical (unpaired) electrons. The smallest absolute Gasteiger partial charge is 0.127 e. The van der Waals surface area contributed by atoms with Crippen LogP contribution in [0.1, 0.15) is 12.5 Å². The normalized spacial score (nSPS) is 12.4. The Morgan fingerprint density at radius 3 is 2.84 bits per heavy atom. The van der Waals surface area contributed by atoms with Crippen LogP contribution >= 0.6 is 27.7 Å². The maximum absolute atomic E-state index is 13.9. The summed E-state index contributed by atoms with van der Waals surface area (Å²) in [7, 11) is 0. The Morgan fingerprint density at radius 2 is 2.16 bits per heavy atom. The highest BCUT2D eigenvalue weighted by molar-refractivity contribution is 9.10. The predicted molar refractivity (Wildman–Crippen MR) is 79.8 cm³/mol. The number of nitrogens with zero attached hydrogens (tertiary/aromatic N) is 1. The highest BCUT2D eigenvalue weighted by Crippen LogP contribution is 2.34. The van der Waals surface area contributed by atoms with Gasteiger partial charge in [-0.15, -0.1) is 0 Å². The van der Waals surface area contributed by atoms with Crippen LogP contribution in [0.2, 0.25) is 0 Å². The molecule has 0 aliphatic carbocycles. The molecule has 0 bridgehead atoms. The first-order valence-electron chi connectivity index (χ1n) is 5.89. The first-order valence-corrected chi connectivity index (χ1v) is 7.50. The van der Waals surface area contributed by atoms with Gasteiger partial charge in [-0.05, 0) is 53.5 Å². The Hall–Kier alpha value is -0.910. The van der Waals surface area contributed by atoms with E-state index in [9.17, 15) is 4.39 Å². The van der Waals surface area contributed by atoms with E-state index in [2.05, 4.69) is 20.9 Å². The molecule has 2 rings (SSSR count). The van der Waals surface area contributed by atoms with Gasteiger partial charge in [-0.25, -0.2) is 9.37 Å². The predicted octanol–water partition coefficient (Wildman–Crippen LogP) is 4.02. The quantitative estimate of drug-likeness (QED) is 0.913. The van der Waals surface area contributed by atoms with E-state index < -0.39 is 0 Å². The first kappa shape index (κ1) is 14.5. The summed E-state index contributed by atoms with van der Waals surface area (Å²) in [4.78, 5) is 5.14. The Kier molecular flexibility index (Phi) is 4.96. The zero-order chi connectivity index (χ0) is 13.8. The van der Waals surface area contributed by atoms with E-state index in [4.69, 9.17) is 5.73 Å². The van der Waals surface area contributed by atoms with Crippen molar-refractivity contribution in [1.82, 2.24) is 4.98 Å². The topological polar surface area (TPSA) is 38.9 Å². The average Bonchev–Trinajstić information content (AvgIpc) is 2.36. The van der Waals surface area contributed by atoms with Crippen molar-refractivity contribution in [2.75, 3.05) is 0 Å². The Balaban J connectivity index is 2.35. The van der Waals surface area contributed by atoms with E-state index >= 15 is 0 Å². The van der Waals surface area contributed by atoms with Gasteiger partial charge in [0.15, 0.2) is 0 Å². The van der Waals surface area contributed by atoms with Crippen molar-refractivity contribution in [3.63, 3.8) is 0 Å². The molecular weight excluding hydrogens is 327 g/mol. The minimum atomic E-state index is -0.214. The number of halogens is 2. The Bertz CT molecular complexity index is 575. The summed E-state index contributed by atoms with van der Waals surface area (Å²) in [5.74, 6) is -0.214. The lowest BCUT2D eigenvalue weighted by Gasteiger charge is -2.12. The van der Waals surface area contributed by atoms with Crippen molar-refractivity contribution >= 4 is 27.7 Å². The van der Waals surface area contributed by atoms with Gasteiger partial charge in [0.1, 0.15) is 10.8 Å². The van der Waals surface area contributed by atoms with Crippen molar-refractivity contribution in [3.05, 3.63) is 52.4 Å². The van der Waals surface area contributed by atoms with Gasteiger partial charge >= 0.3 is 0 Å². The SMILES string of the molecule is CC(N)Cc1c(F)cccc1Sc1ncccc1Br. The van der Waals surface area contributed by atoms with E-state index in [1.807, 2.05) is 25.1 Å². The highest BCUT2D eigenvalue weighted by Gasteiger charge is 2.13. The fourth-order valence-corrected chi connectivity index (χ4v) is 3.14. The van der Waals surface area contributed by atoms with E-state index in [-0.39, 0.29) is 11.9 Å². The van der Waals surface area contributed by atoms with Gasteiger partial charge in [-0.3, -0.25) is 0 Å². The Labute approximate surface area is 124 Å².